The third kappa shape index (κ3) is 3.82. The van der Waals surface area contributed by atoms with Gasteiger partial charge in [-0.05, 0) is 36.8 Å². The first kappa shape index (κ1) is 16.0. The molecule has 21 heavy (non-hydrogen) atoms. The van der Waals surface area contributed by atoms with E-state index in [4.69, 9.17) is 38.4 Å². The second-order valence-electron chi connectivity index (χ2n) is 4.69. The van der Waals surface area contributed by atoms with Crippen molar-refractivity contribution in [1.82, 2.24) is 0 Å². The van der Waals surface area contributed by atoms with E-state index < -0.39 is 0 Å². The van der Waals surface area contributed by atoms with Gasteiger partial charge in [-0.25, -0.2) is 0 Å². The summed E-state index contributed by atoms with van der Waals surface area (Å²) >= 11 is 12.2. The Labute approximate surface area is 134 Å². The fourth-order valence-electron chi connectivity index (χ4n) is 1.91. The van der Waals surface area contributed by atoms with Crippen LogP contribution in [-0.4, -0.2) is 7.11 Å². The molecule has 0 aliphatic carbocycles. The summed E-state index contributed by atoms with van der Waals surface area (Å²) in [5.74, 6) is 1.26. The number of rotatable bonds is 5. The number of hydrogen-bond acceptors (Lipinski definition) is 3. The topological polar surface area (TPSA) is 44.5 Å². The number of hydrogen-bond donors (Lipinski definition) is 1. The largest absolute Gasteiger partial charge is 0.493 e. The lowest BCUT2D eigenvalue weighted by molar-refractivity contribution is 0.284. The highest BCUT2D eigenvalue weighted by atomic mass is 35.5. The zero-order chi connectivity index (χ0) is 15.4. The minimum absolute atomic E-state index is 0.0639. The average Bonchev–Trinajstić information content (AvgIpc) is 2.46. The van der Waals surface area contributed by atoms with Crippen LogP contribution in [0.1, 0.15) is 24.1 Å². The van der Waals surface area contributed by atoms with Gasteiger partial charge in [-0.3, -0.25) is 0 Å². The van der Waals surface area contributed by atoms with Crippen molar-refractivity contribution in [3.63, 3.8) is 0 Å². The fourth-order valence-corrected chi connectivity index (χ4v) is 2.41. The van der Waals surface area contributed by atoms with E-state index >= 15 is 0 Å². The molecule has 0 aliphatic rings. The predicted octanol–water partition coefficient (Wildman–Crippen LogP) is 4.60. The highest BCUT2D eigenvalue weighted by molar-refractivity contribution is 6.35. The van der Waals surface area contributed by atoms with Crippen LogP contribution < -0.4 is 15.2 Å². The van der Waals surface area contributed by atoms with Crippen LogP contribution in [-0.2, 0) is 6.61 Å². The standard InChI is InChI=1S/C16H17Cl2NO2/c1-10(19)11-6-7-15(16(8-11)20-2)21-9-12-13(17)4-3-5-14(12)18/h3-8,10H,9,19H2,1-2H3/t10-/m0/s1. The third-order valence-corrected chi connectivity index (χ3v) is 3.86. The molecule has 2 aromatic rings. The molecule has 0 aliphatic heterocycles. The van der Waals surface area contributed by atoms with Crippen LogP contribution in [0.5, 0.6) is 11.5 Å². The van der Waals surface area contributed by atoms with Crippen LogP contribution in [0.15, 0.2) is 36.4 Å². The number of nitrogens with two attached hydrogens (primary N) is 1. The summed E-state index contributed by atoms with van der Waals surface area (Å²) in [5.41, 5.74) is 7.59. The molecule has 0 heterocycles. The molecule has 0 spiro atoms. The molecule has 0 fully saturated rings. The Morgan fingerprint density at radius 3 is 2.33 bits per heavy atom. The summed E-state index contributed by atoms with van der Waals surface area (Å²) in [5, 5.41) is 1.15. The second-order valence-corrected chi connectivity index (χ2v) is 5.50. The molecule has 2 aromatic carbocycles. The summed E-state index contributed by atoms with van der Waals surface area (Å²) in [6.45, 7) is 2.19. The van der Waals surface area contributed by atoms with Gasteiger partial charge in [0.15, 0.2) is 11.5 Å². The normalized spacial score (nSPS) is 12.0. The number of halogens is 2. The molecule has 3 nitrogen and oxygen atoms in total. The Bertz CT molecular complexity index is 609. The SMILES string of the molecule is COc1cc([C@H](C)N)ccc1OCc1c(Cl)cccc1Cl. The second kappa shape index (κ2) is 7.03. The Kier molecular flexibility index (Phi) is 5.34. The lowest BCUT2D eigenvalue weighted by Gasteiger charge is -2.14. The first-order valence-corrected chi connectivity index (χ1v) is 7.27. The number of benzene rings is 2. The van der Waals surface area contributed by atoms with Gasteiger partial charge in [0.05, 0.1) is 7.11 Å². The van der Waals surface area contributed by atoms with Gasteiger partial charge in [0.1, 0.15) is 6.61 Å². The average molecular weight is 326 g/mol. The molecule has 0 radical (unpaired) electrons. The van der Waals surface area contributed by atoms with Crippen LogP contribution in [0.4, 0.5) is 0 Å². The molecule has 0 aromatic heterocycles. The minimum Gasteiger partial charge on any atom is -0.493 e. The number of ether oxygens (including phenoxy) is 2. The Morgan fingerprint density at radius 1 is 1.10 bits per heavy atom. The van der Waals surface area contributed by atoms with E-state index in [1.165, 1.54) is 0 Å². The molecule has 5 heteroatoms. The van der Waals surface area contributed by atoms with Crippen molar-refractivity contribution in [3.8, 4) is 11.5 Å². The maximum atomic E-state index is 6.12. The smallest absolute Gasteiger partial charge is 0.161 e. The molecule has 0 amide bonds. The van der Waals surface area contributed by atoms with Gasteiger partial charge in [0.2, 0.25) is 0 Å². The summed E-state index contributed by atoms with van der Waals surface area (Å²) in [4.78, 5) is 0. The van der Waals surface area contributed by atoms with Gasteiger partial charge in [0, 0.05) is 21.7 Å². The summed E-state index contributed by atoms with van der Waals surface area (Å²) in [6, 6.07) is 10.9. The van der Waals surface area contributed by atoms with Crippen molar-refractivity contribution in [1.29, 1.82) is 0 Å². The van der Waals surface area contributed by atoms with Gasteiger partial charge < -0.3 is 15.2 Å². The highest BCUT2D eigenvalue weighted by Gasteiger charge is 2.11. The van der Waals surface area contributed by atoms with Crippen molar-refractivity contribution in [2.24, 2.45) is 5.73 Å². The number of methoxy groups -OCH3 is 1. The van der Waals surface area contributed by atoms with Gasteiger partial charge in [-0.1, -0.05) is 35.3 Å². The van der Waals surface area contributed by atoms with E-state index in [1.54, 1.807) is 25.3 Å². The maximum Gasteiger partial charge on any atom is 0.161 e. The van der Waals surface area contributed by atoms with E-state index in [0.717, 1.165) is 11.1 Å². The quantitative estimate of drug-likeness (QED) is 0.873. The van der Waals surface area contributed by atoms with Gasteiger partial charge >= 0.3 is 0 Å². The van der Waals surface area contributed by atoms with Crippen LogP contribution in [0.3, 0.4) is 0 Å². The molecule has 2 rings (SSSR count). The highest BCUT2D eigenvalue weighted by Crippen LogP contribution is 2.32. The first-order valence-electron chi connectivity index (χ1n) is 6.52. The zero-order valence-electron chi connectivity index (χ0n) is 11.9. The minimum atomic E-state index is -0.0639. The summed E-state index contributed by atoms with van der Waals surface area (Å²) in [7, 11) is 1.59. The third-order valence-electron chi connectivity index (χ3n) is 3.15. The molecule has 0 bridgehead atoms. The molecule has 112 valence electrons. The van der Waals surface area contributed by atoms with Crippen LogP contribution >= 0.6 is 23.2 Å². The summed E-state index contributed by atoms with van der Waals surface area (Å²) in [6.07, 6.45) is 0. The predicted molar refractivity (Wildman–Crippen MR) is 86.4 cm³/mol. The van der Waals surface area contributed by atoms with Crippen LogP contribution in [0.25, 0.3) is 0 Å². The Hall–Kier alpha value is -1.42. The van der Waals surface area contributed by atoms with Crippen molar-refractivity contribution >= 4 is 23.2 Å². The maximum absolute atomic E-state index is 6.12. The van der Waals surface area contributed by atoms with Crippen molar-refractivity contribution in [3.05, 3.63) is 57.6 Å². The summed E-state index contributed by atoms with van der Waals surface area (Å²) < 4.78 is 11.1. The Balaban J connectivity index is 2.20. The van der Waals surface area contributed by atoms with Crippen LogP contribution in [0, 0.1) is 0 Å². The van der Waals surface area contributed by atoms with Gasteiger partial charge in [0.25, 0.3) is 0 Å². The van der Waals surface area contributed by atoms with E-state index in [9.17, 15) is 0 Å². The lowest BCUT2D eigenvalue weighted by atomic mass is 10.1. The van der Waals surface area contributed by atoms with Gasteiger partial charge in [-0.2, -0.15) is 0 Å². The van der Waals surface area contributed by atoms with Crippen LogP contribution in [0.2, 0.25) is 10.0 Å². The molecule has 0 saturated carbocycles. The molecular formula is C16H17Cl2NO2. The lowest BCUT2D eigenvalue weighted by Crippen LogP contribution is -2.06. The Morgan fingerprint density at radius 2 is 1.76 bits per heavy atom. The molecule has 2 N–H and O–H groups in total. The van der Waals surface area contributed by atoms with Gasteiger partial charge in [-0.15, -0.1) is 0 Å². The van der Waals surface area contributed by atoms with E-state index in [0.29, 0.717) is 21.5 Å². The molecule has 0 saturated heterocycles. The molecular weight excluding hydrogens is 309 g/mol. The molecule has 0 unspecified atom stereocenters. The van der Waals surface area contributed by atoms with E-state index in [1.807, 2.05) is 25.1 Å². The van der Waals surface area contributed by atoms with Crippen molar-refractivity contribution in [2.75, 3.05) is 7.11 Å². The zero-order valence-corrected chi connectivity index (χ0v) is 13.4. The monoisotopic (exact) mass is 325 g/mol. The van der Waals surface area contributed by atoms with E-state index in [-0.39, 0.29) is 12.6 Å². The van der Waals surface area contributed by atoms with E-state index in [2.05, 4.69) is 0 Å². The van der Waals surface area contributed by atoms with Crippen molar-refractivity contribution < 1.29 is 9.47 Å². The van der Waals surface area contributed by atoms with Crippen molar-refractivity contribution in [2.45, 2.75) is 19.6 Å². The first-order chi connectivity index (χ1) is 10.0. The fraction of sp³-hybridized carbons (Fsp3) is 0.250. The molecule has 1 atom stereocenters.